The zero-order valence-corrected chi connectivity index (χ0v) is 16.1. The van der Waals surface area contributed by atoms with Crippen LogP contribution in [0.2, 0.25) is 0 Å². The van der Waals surface area contributed by atoms with Gasteiger partial charge < -0.3 is 20.4 Å². The number of carbonyl (C=O) groups is 2. The summed E-state index contributed by atoms with van der Waals surface area (Å²) in [4.78, 5) is 37.2. The summed E-state index contributed by atoms with van der Waals surface area (Å²) < 4.78 is 4.47. The highest BCUT2D eigenvalue weighted by molar-refractivity contribution is 6.03. The van der Waals surface area contributed by atoms with Gasteiger partial charge in [0.1, 0.15) is 17.9 Å². The second-order valence-corrected chi connectivity index (χ2v) is 7.46. The molecule has 2 aliphatic rings. The molecule has 0 radical (unpaired) electrons. The molecule has 2 amide bonds. The molecule has 11 heteroatoms. The molecule has 1 saturated heterocycles. The first-order chi connectivity index (χ1) is 13.3. The summed E-state index contributed by atoms with van der Waals surface area (Å²) in [5, 5.41) is 13.2. The molecule has 1 atom stereocenters. The molecule has 0 bridgehead atoms. The number of amides is 2. The van der Waals surface area contributed by atoms with Gasteiger partial charge in [0.2, 0.25) is 11.9 Å². The maximum absolute atomic E-state index is 12.4. The fourth-order valence-corrected chi connectivity index (χ4v) is 3.62. The van der Waals surface area contributed by atoms with Crippen molar-refractivity contribution in [3.05, 3.63) is 17.6 Å². The molecule has 4 heterocycles. The van der Waals surface area contributed by atoms with Crippen molar-refractivity contribution in [2.75, 3.05) is 35.7 Å². The van der Waals surface area contributed by atoms with Crippen molar-refractivity contribution in [1.29, 1.82) is 0 Å². The number of aromatic nitrogens is 4. The SMILES string of the molecule is Cc1nc(NC2CN(C(=O)c3cnon3)C2)nc2c1NC(=O)[C@H](C(C)C)N2C. The molecule has 28 heavy (non-hydrogen) atoms. The summed E-state index contributed by atoms with van der Waals surface area (Å²) in [6.07, 6.45) is 1.30. The molecular formula is C17H22N8O3. The Morgan fingerprint density at radius 1 is 1.36 bits per heavy atom. The molecule has 11 nitrogen and oxygen atoms in total. The van der Waals surface area contributed by atoms with Crippen molar-refractivity contribution in [3.8, 4) is 0 Å². The third-order valence-corrected chi connectivity index (χ3v) is 5.05. The zero-order chi connectivity index (χ0) is 20.0. The monoisotopic (exact) mass is 386 g/mol. The van der Waals surface area contributed by atoms with Crippen LogP contribution < -0.4 is 15.5 Å². The molecule has 2 aliphatic heterocycles. The van der Waals surface area contributed by atoms with E-state index in [0.29, 0.717) is 36.2 Å². The quantitative estimate of drug-likeness (QED) is 0.772. The lowest BCUT2D eigenvalue weighted by molar-refractivity contribution is -0.118. The van der Waals surface area contributed by atoms with E-state index in [-0.39, 0.29) is 35.5 Å². The second kappa shape index (κ2) is 6.73. The van der Waals surface area contributed by atoms with Gasteiger partial charge in [-0.2, -0.15) is 4.98 Å². The smallest absolute Gasteiger partial charge is 0.277 e. The Balaban J connectivity index is 1.47. The van der Waals surface area contributed by atoms with Gasteiger partial charge in [0, 0.05) is 20.1 Å². The van der Waals surface area contributed by atoms with E-state index in [0.717, 1.165) is 0 Å². The van der Waals surface area contributed by atoms with E-state index in [1.165, 1.54) is 6.20 Å². The number of nitrogens with zero attached hydrogens (tertiary/aromatic N) is 6. The summed E-state index contributed by atoms with van der Waals surface area (Å²) in [6, 6.07) is -0.256. The summed E-state index contributed by atoms with van der Waals surface area (Å²) in [6.45, 7) is 6.86. The largest absolute Gasteiger partial charge is 0.348 e. The Morgan fingerprint density at radius 3 is 2.75 bits per heavy atom. The number of likely N-dealkylation sites (N-methyl/N-ethyl adjacent to an activating group) is 1. The molecule has 1 fully saturated rings. The van der Waals surface area contributed by atoms with Crippen LogP contribution in [0.15, 0.2) is 10.8 Å². The number of likely N-dealkylation sites (tertiary alicyclic amines) is 1. The molecule has 2 aromatic heterocycles. The molecule has 4 rings (SSSR count). The first-order valence-corrected chi connectivity index (χ1v) is 9.11. The van der Waals surface area contributed by atoms with Crippen molar-refractivity contribution in [2.24, 2.45) is 5.92 Å². The van der Waals surface area contributed by atoms with Crippen molar-refractivity contribution in [3.63, 3.8) is 0 Å². The summed E-state index contributed by atoms with van der Waals surface area (Å²) in [7, 11) is 1.87. The van der Waals surface area contributed by atoms with Crippen LogP contribution in [0.1, 0.15) is 30.0 Å². The first kappa shape index (κ1) is 18.1. The highest BCUT2D eigenvalue weighted by Crippen LogP contribution is 2.34. The maximum atomic E-state index is 12.4. The minimum Gasteiger partial charge on any atom is -0.348 e. The van der Waals surface area contributed by atoms with Crippen LogP contribution in [-0.2, 0) is 4.79 Å². The second-order valence-electron chi connectivity index (χ2n) is 7.46. The molecule has 0 spiro atoms. The van der Waals surface area contributed by atoms with Crippen molar-refractivity contribution >= 4 is 29.3 Å². The minimum atomic E-state index is -0.289. The Bertz CT molecular complexity index is 907. The van der Waals surface area contributed by atoms with Crippen LogP contribution in [0.5, 0.6) is 0 Å². The fraction of sp³-hybridized carbons (Fsp3) is 0.529. The molecular weight excluding hydrogens is 364 g/mol. The number of nitrogens with one attached hydrogen (secondary N) is 2. The summed E-state index contributed by atoms with van der Waals surface area (Å²) in [5.74, 6) is 1.04. The molecule has 0 aliphatic carbocycles. The number of fused-ring (bicyclic) bond motifs is 1. The first-order valence-electron chi connectivity index (χ1n) is 9.11. The Morgan fingerprint density at radius 2 is 2.11 bits per heavy atom. The molecule has 0 aromatic carbocycles. The molecule has 0 unspecified atom stereocenters. The normalized spacial score (nSPS) is 19.3. The van der Waals surface area contributed by atoms with Crippen LogP contribution >= 0.6 is 0 Å². The topological polar surface area (TPSA) is 129 Å². The Labute approximate surface area is 161 Å². The van der Waals surface area contributed by atoms with Gasteiger partial charge in [0.05, 0.1) is 11.7 Å². The van der Waals surface area contributed by atoms with E-state index in [4.69, 9.17) is 0 Å². The van der Waals surface area contributed by atoms with Crippen LogP contribution in [0.4, 0.5) is 17.5 Å². The third-order valence-electron chi connectivity index (χ3n) is 5.05. The van der Waals surface area contributed by atoms with Crippen molar-refractivity contribution < 1.29 is 14.2 Å². The van der Waals surface area contributed by atoms with E-state index in [2.05, 4.69) is 35.5 Å². The highest BCUT2D eigenvalue weighted by Gasteiger charge is 2.36. The van der Waals surface area contributed by atoms with Crippen LogP contribution in [0.3, 0.4) is 0 Å². The number of rotatable bonds is 4. The molecule has 2 aromatic rings. The van der Waals surface area contributed by atoms with Gasteiger partial charge in [-0.25, -0.2) is 9.61 Å². The van der Waals surface area contributed by atoms with E-state index < -0.39 is 0 Å². The predicted molar refractivity (Wildman–Crippen MR) is 100 cm³/mol. The number of hydrogen-bond acceptors (Lipinski definition) is 9. The average molecular weight is 386 g/mol. The lowest BCUT2D eigenvalue weighted by Gasteiger charge is -2.40. The lowest BCUT2D eigenvalue weighted by Crippen LogP contribution is -2.57. The fourth-order valence-electron chi connectivity index (χ4n) is 3.62. The van der Waals surface area contributed by atoms with Gasteiger partial charge in [-0.3, -0.25) is 9.59 Å². The minimum absolute atomic E-state index is 0.0330. The standard InChI is InChI=1S/C17H22N8O3/c1-8(2)13-15(26)21-12-9(3)19-17(22-14(12)24(13)4)20-10-6-25(7-10)16(27)11-5-18-28-23-11/h5,8,10,13H,6-7H2,1-4H3,(H,21,26)(H,19,20,22)/t13-/m0/s1. The lowest BCUT2D eigenvalue weighted by atomic mass is 9.99. The van der Waals surface area contributed by atoms with Gasteiger partial charge in [-0.05, 0) is 18.0 Å². The molecule has 0 saturated carbocycles. The molecule has 148 valence electrons. The molecule has 2 N–H and O–H groups in total. The number of carbonyl (C=O) groups excluding carboxylic acids is 2. The van der Waals surface area contributed by atoms with Crippen LogP contribution in [0.25, 0.3) is 0 Å². The highest BCUT2D eigenvalue weighted by atomic mass is 16.6. The van der Waals surface area contributed by atoms with Gasteiger partial charge in [0.25, 0.3) is 5.91 Å². The number of hydrogen-bond donors (Lipinski definition) is 2. The van der Waals surface area contributed by atoms with E-state index >= 15 is 0 Å². The van der Waals surface area contributed by atoms with Crippen LogP contribution in [-0.4, -0.2) is 69.2 Å². The zero-order valence-electron chi connectivity index (χ0n) is 16.1. The van der Waals surface area contributed by atoms with E-state index in [9.17, 15) is 9.59 Å². The van der Waals surface area contributed by atoms with Crippen LogP contribution in [0, 0.1) is 12.8 Å². The van der Waals surface area contributed by atoms with Crippen molar-refractivity contribution in [2.45, 2.75) is 32.9 Å². The van der Waals surface area contributed by atoms with E-state index in [1.54, 1.807) is 4.90 Å². The van der Waals surface area contributed by atoms with Gasteiger partial charge >= 0.3 is 0 Å². The predicted octanol–water partition coefficient (Wildman–Crippen LogP) is 0.517. The third kappa shape index (κ3) is 3.02. The van der Waals surface area contributed by atoms with Gasteiger partial charge in [-0.15, -0.1) is 0 Å². The van der Waals surface area contributed by atoms with E-state index in [1.807, 2.05) is 32.7 Å². The van der Waals surface area contributed by atoms with Gasteiger partial charge in [-0.1, -0.05) is 19.0 Å². The van der Waals surface area contributed by atoms with Gasteiger partial charge in [0.15, 0.2) is 11.5 Å². The summed E-state index contributed by atoms with van der Waals surface area (Å²) in [5.41, 5.74) is 1.52. The Hall–Kier alpha value is -3.24. The number of anilines is 3. The Kier molecular flexibility index (Phi) is 4.36. The maximum Gasteiger partial charge on any atom is 0.277 e. The average Bonchev–Trinajstić information content (AvgIpc) is 3.12. The van der Waals surface area contributed by atoms with Crippen molar-refractivity contribution in [1.82, 2.24) is 25.2 Å². The summed E-state index contributed by atoms with van der Waals surface area (Å²) >= 11 is 0. The number of aryl methyl sites for hydroxylation is 1.